The molecule has 6 rings (SSSR count). The first-order valence-electron chi connectivity index (χ1n) is 14.3. The predicted octanol–water partition coefficient (Wildman–Crippen LogP) is 5.20. The zero-order valence-corrected chi connectivity index (χ0v) is 24.5. The van der Waals surface area contributed by atoms with Crippen molar-refractivity contribution in [1.82, 2.24) is 19.5 Å². The number of sulfonamides is 1. The van der Waals surface area contributed by atoms with Gasteiger partial charge in [-0.2, -0.15) is 22.7 Å². The highest BCUT2D eigenvalue weighted by atomic mass is 32.2. The van der Waals surface area contributed by atoms with Crippen molar-refractivity contribution in [1.29, 1.82) is 5.26 Å². The van der Waals surface area contributed by atoms with Crippen LogP contribution in [0.1, 0.15) is 51.1 Å². The average Bonchev–Trinajstić information content (AvgIpc) is 3.39. The van der Waals surface area contributed by atoms with E-state index in [0.717, 1.165) is 84.5 Å². The Balaban J connectivity index is 1.11. The molecule has 0 spiro atoms. The summed E-state index contributed by atoms with van der Waals surface area (Å²) in [6, 6.07) is 18.6. The first-order chi connectivity index (χ1) is 21.0. The van der Waals surface area contributed by atoms with Crippen LogP contribution in [-0.4, -0.2) is 54.2 Å². The van der Waals surface area contributed by atoms with E-state index in [4.69, 9.17) is 5.26 Å². The third-order valence-corrected chi connectivity index (χ3v) is 10.3. The normalized spacial score (nSPS) is 16.9. The lowest BCUT2D eigenvalue weighted by Crippen LogP contribution is -2.44. The lowest BCUT2D eigenvalue weighted by molar-refractivity contribution is -0.137. The molecule has 3 aromatic carbocycles. The van der Waals surface area contributed by atoms with Crippen molar-refractivity contribution < 1.29 is 26.4 Å². The molecule has 2 aliphatic heterocycles. The zero-order valence-electron chi connectivity index (χ0n) is 23.7. The van der Waals surface area contributed by atoms with Crippen LogP contribution in [0.2, 0.25) is 0 Å². The second kappa shape index (κ2) is 11.7. The van der Waals surface area contributed by atoms with Gasteiger partial charge in [0.05, 0.1) is 22.1 Å². The fourth-order valence-electron chi connectivity index (χ4n) is 5.95. The second-order valence-electron chi connectivity index (χ2n) is 11.3. The number of aromatic nitrogens is 1. The largest absolute Gasteiger partial charge is 0.416 e. The summed E-state index contributed by atoms with van der Waals surface area (Å²) in [6.45, 7) is 2.67. The summed E-state index contributed by atoms with van der Waals surface area (Å²) >= 11 is 0. The van der Waals surface area contributed by atoms with Crippen molar-refractivity contribution in [3.05, 3.63) is 100 Å². The molecule has 1 amide bonds. The standard InChI is InChI=1S/C32H30F3N5O3S/c33-32(34,35)24-6-8-26(9-7-24)44(42,43)40-16-13-30-28(20-40)27-17-23(5-10-29(27)38-30)31(41)37-25-11-14-39(15-12-25)19-22-3-1-21(18-36)2-4-22/h1-10,17,25,38H,11-16,19-20H2,(H,37,41). The van der Waals surface area contributed by atoms with Gasteiger partial charge in [0.2, 0.25) is 10.0 Å². The Morgan fingerprint density at radius 3 is 2.36 bits per heavy atom. The molecule has 2 aliphatic rings. The van der Waals surface area contributed by atoms with Crippen molar-refractivity contribution in [3.8, 4) is 6.07 Å². The number of amides is 1. The van der Waals surface area contributed by atoms with Crippen LogP contribution in [0.3, 0.4) is 0 Å². The topological polar surface area (TPSA) is 109 Å². The molecule has 0 radical (unpaired) electrons. The Morgan fingerprint density at radius 1 is 1.00 bits per heavy atom. The summed E-state index contributed by atoms with van der Waals surface area (Å²) in [5.41, 5.74) is 3.76. The first kappa shape index (κ1) is 29.9. The minimum absolute atomic E-state index is 0.0277. The maximum absolute atomic E-state index is 13.3. The molecule has 1 saturated heterocycles. The second-order valence-corrected chi connectivity index (χ2v) is 13.2. The lowest BCUT2D eigenvalue weighted by Gasteiger charge is -2.32. The summed E-state index contributed by atoms with van der Waals surface area (Å²) in [7, 11) is -4.03. The molecule has 0 unspecified atom stereocenters. The number of likely N-dealkylation sites (tertiary alicyclic amines) is 1. The molecule has 0 saturated carbocycles. The van der Waals surface area contributed by atoms with Crippen molar-refractivity contribution in [2.45, 2.75) is 49.5 Å². The molecule has 0 aliphatic carbocycles. The van der Waals surface area contributed by atoms with Crippen molar-refractivity contribution in [3.63, 3.8) is 0 Å². The van der Waals surface area contributed by atoms with Gasteiger partial charge < -0.3 is 10.3 Å². The Bertz CT molecular complexity index is 1840. The maximum atomic E-state index is 13.3. The molecule has 3 heterocycles. The minimum atomic E-state index is -4.55. The molecule has 8 nitrogen and oxygen atoms in total. The molecule has 2 N–H and O–H groups in total. The summed E-state index contributed by atoms with van der Waals surface area (Å²) < 4.78 is 66.8. The van der Waals surface area contributed by atoms with E-state index in [1.54, 1.807) is 12.1 Å². The molecule has 1 aromatic heterocycles. The third-order valence-electron chi connectivity index (χ3n) is 8.43. The minimum Gasteiger partial charge on any atom is -0.358 e. The van der Waals surface area contributed by atoms with Gasteiger partial charge in [0.25, 0.3) is 5.91 Å². The van der Waals surface area contributed by atoms with E-state index in [-0.39, 0.29) is 29.9 Å². The molecule has 0 bridgehead atoms. The van der Waals surface area contributed by atoms with Crippen LogP contribution in [0.5, 0.6) is 0 Å². The average molecular weight is 622 g/mol. The number of fused-ring (bicyclic) bond motifs is 3. The third kappa shape index (κ3) is 6.08. The van der Waals surface area contributed by atoms with E-state index in [0.29, 0.717) is 17.5 Å². The molecule has 4 aromatic rings. The number of piperidine rings is 1. The van der Waals surface area contributed by atoms with Gasteiger partial charge in [0, 0.05) is 67.3 Å². The van der Waals surface area contributed by atoms with Crippen LogP contribution in [0.15, 0.2) is 71.6 Å². The van der Waals surface area contributed by atoms with Gasteiger partial charge >= 0.3 is 6.18 Å². The quantitative estimate of drug-likeness (QED) is 0.308. The molecule has 12 heteroatoms. The van der Waals surface area contributed by atoms with Gasteiger partial charge in [-0.1, -0.05) is 12.1 Å². The number of aromatic amines is 1. The maximum Gasteiger partial charge on any atom is 0.416 e. The summed E-state index contributed by atoms with van der Waals surface area (Å²) in [6.07, 6.45) is -2.53. The Kier molecular flexibility index (Phi) is 7.96. The van der Waals surface area contributed by atoms with Crippen LogP contribution in [0.25, 0.3) is 10.9 Å². The number of hydrogen-bond acceptors (Lipinski definition) is 5. The number of rotatable bonds is 6. The van der Waals surface area contributed by atoms with E-state index < -0.39 is 21.8 Å². The number of nitriles is 1. The van der Waals surface area contributed by atoms with E-state index in [9.17, 15) is 26.4 Å². The molecule has 228 valence electrons. The van der Waals surface area contributed by atoms with Gasteiger partial charge in [-0.3, -0.25) is 9.69 Å². The van der Waals surface area contributed by atoms with Crippen molar-refractivity contribution in [2.24, 2.45) is 0 Å². The number of carbonyl (C=O) groups is 1. The number of alkyl halides is 3. The van der Waals surface area contributed by atoms with E-state index in [2.05, 4.69) is 21.3 Å². The van der Waals surface area contributed by atoms with Crippen LogP contribution in [0.4, 0.5) is 13.2 Å². The van der Waals surface area contributed by atoms with Gasteiger partial charge in [-0.25, -0.2) is 8.42 Å². The molecule has 0 atom stereocenters. The number of hydrogen-bond donors (Lipinski definition) is 2. The zero-order chi connectivity index (χ0) is 31.1. The number of nitrogens with one attached hydrogen (secondary N) is 2. The number of halogens is 3. The summed E-state index contributed by atoms with van der Waals surface area (Å²) in [5, 5.41) is 12.9. The van der Waals surface area contributed by atoms with Crippen LogP contribution in [-0.2, 0) is 35.7 Å². The number of carbonyl (C=O) groups excluding carboxylic acids is 1. The monoisotopic (exact) mass is 621 g/mol. The van der Waals surface area contributed by atoms with Gasteiger partial charge in [0.15, 0.2) is 0 Å². The van der Waals surface area contributed by atoms with Crippen LogP contribution >= 0.6 is 0 Å². The smallest absolute Gasteiger partial charge is 0.358 e. The van der Waals surface area contributed by atoms with Gasteiger partial charge in [0.1, 0.15) is 0 Å². The first-order valence-corrected chi connectivity index (χ1v) is 15.8. The highest BCUT2D eigenvalue weighted by Crippen LogP contribution is 2.33. The van der Waals surface area contributed by atoms with E-state index >= 15 is 0 Å². The summed E-state index contributed by atoms with van der Waals surface area (Å²) in [4.78, 5) is 18.7. The summed E-state index contributed by atoms with van der Waals surface area (Å²) in [5.74, 6) is -0.197. The van der Waals surface area contributed by atoms with Gasteiger partial charge in [-0.05, 0) is 78.6 Å². The van der Waals surface area contributed by atoms with Gasteiger partial charge in [-0.15, -0.1) is 0 Å². The fourth-order valence-corrected chi connectivity index (χ4v) is 7.36. The number of benzene rings is 3. The molecule has 44 heavy (non-hydrogen) atoms. The Labute approximate surface area is 253 Å². The number of nitrogens with zero attached hydrogens (tertiary/aromatic N) is 3. The van der Waals surface area contributed by atoms with Crippen molar-refractivity contribution >= 4 is 26.8 Å². The highest BCUT2D eigenvalue weighted by molar-refractivity contribution is 7.89. The SMILES string of the molecule is N#Cc1ccc(CN2CCC(NC(=O)c3ccc4[nH]c5c(c4c3)CN(S(=O)(=O)c3ccc(C(F)(F)F)cc3)CC5)CC2)cc1. The van der Waals surface area contributed by atoms with Crippen LogP contribution < -0.4 is 5.32 Å². The molecular formula is C32H30F3N5O3S. The Hall–Kier alpha value is -4.18. The van der Waals surface area contributed by atoms with E-state index in [1.807, 2.05) is 30.3 Å². The lowest BCUT2D eigenvalue weighted by atomic mass is 10.0. The van der Waals surface area contributed by atoms with Crippen molar-refractivity contribution in [2.75, 3.05) is 19.6 Å². The predicted molar refractivity (Wildman–Crippen MR) is 158 cm³/mol. The Morgan fingerprint density at radius 2 is 1.70 bits per heavy atom. The fraction of sp³-hybridized carbons (Fsp3) is 0.312. The highest BCUT2D eigenvalue weighted by Gasteiger charge is 2.33. The van der Waals surface area contributed by atoms with E-state index in [1.165, 1.54) is 4.31 Å². The van der Waals surface area contributed by atoms with Crippen LogP contribution in [0, 0.1) is 11.3 Å². The number of H-pyrrole nitrogens is 1. The molecular weight excluding hydrogens is 591 g/mol. The molecule has 1 fully saturated rings.